The number of benzene rings is 1. The fraction of sp³-hybridized carbons (Fsp3) is 0.100. The van der Waals surface area contributed by atoms with Crippen molar-refractivity contribution in [1.29, 1.82) is 0 Å². The van der Waals surface area contributed by atoms with Gasteiger partial charge >= 0.3 is 0 Å². The number of azo groups is 1. The molecule has 1 aromatic heterocycles. The van der Waals surface area contributed by atoms with E-state index in [-0.39, 0.29) is 18.2 Å². The first-order valence-electron chi connectivity index (χ1n) is 4.82. The molecule has 0 aliphatic rings. The Kier molecular flexibility index (Phi) is 3.20. The number of nitrogens with one attached hydrogen (secondary N) is 1. The molecule has 2 rings (SSSR count). The molecule has 1 aromatic carbocycles. The third-order valence-corrected chi connectivity index (χ3v) is 1.96. The van der Waals surface area contributed by atoms with Crippen LogP contribution in [0.25, 0.3) is 0 Å². The van der Waals surface area contributed by atoms with E-state index in [2.05, 4.69) is 25.4 Å². The molecule has 0 aliphatic carbocycles. The van der Waals surface area contributed by atoms with Gasteiger partial charge in [-0.1, -0.05) is 18.2 Å². The molecule has 0 unspecified atom stereocenters. The minimum atomic E-state index is -0.392. The fourth-order valence-corrected chi connectivity index (χ4v) is 1.17. The Bertz CT molecular complexity index is 593. The van der Waals surface area contributed by atoms with Gasteiger partial charge in [0.25, 0.3) is 11.5 Å². The standard InChI is InChI=1S/C10H9N5O2/c16-8-4-2-1-3-7(8)5-11-14-10-13-9(17)6-12-15-10/h1-4,6,16H,5H2,(H,13,15,17). The van der Waals surface area contributed by atoms with Gasteiger partial charge in [0.05, 0.1) is 6.54 Å². The molecule has 0 fully saturated rings. The first kappa shape index (κ1) is 10.9. The van der Waals surface area contributed by atoms with Gasteiger partial charge in [0, 0.05) is 5.56 Å². The number of phenolic OH excluding ortho intramolecular Hbond substituents is 1. The van der Waals surface area contributed by atoms with Gasteiger partial charge in [-0.05, 0) is 6.07 Å². The quantitative estimate of drug-likeness (QED) is 0.773. The SMILES string of the molecule is O=c1cnnc(N=NCc2ccccc2O)[nH]1. The predicted octanol–water partition coefficient (Wildman–Crippen LogP) is 1.15. The second-order valence-electron chi connectivity index (χ2n) is 3.19. The summed E-state index contributed by atoms with van der Waals surface area (Å²) in [4.78, 5) is 13.2. The predicted molar refractivity (Wildman–Crippen MR) is 59.0 cm³/mol. The molecule has 0 bridgehead atoms. The minimum absolute atomic E-state index is 0.0351. The molecule has 0 aliphatic heterocycles. The van der Waals surface area contributed by atoms with Crippen LogP contribution in [0.1, 0.15) is 5.56 Å². The van der Waals surface area contributed by atoms with Crippen LogP contribution in [0.2, 0.25) is 0 Å². The largest absolute Gasteiger partial charge is 0.508 e. The zero-order valence-corrected chi connectivity index (χ0v) is 8.74. The van der Waals surface area contributed by atoms with Crippen LogP contribution in [-0.2, 0) is 6.54 Å². The maximum absolute atomic E-state index is 10.9. The number of aromatic nitrogens is 3. The number of hydrogen-bond donors (Lipinski definition) is 2. The van der Waals surface area contributed by atoms with Crippen molar-refractivity contribution in [2.75, 3.05) is 0 Å². The molecule has 0 saturated carbocycles. The lowest BCUT2D eigenvalue weighted by Crippen LogP contribution is -2.05. The Labute approximate surface area is 95.9 Å². The van der Waals surface area contributed by atoms with Crippen LogP contribution < -0.4 is 5.56 Å². The Morgan fingerprint density at radius 1 is 1.35 bits per heavy atom. The van der Waals surface area contributed by atoms with Crippen molar-refractivity contribution in [3.05, 3.63) is 46.4 Å². The average molecular weight is 231 g/mol. The zero-order chi connectivity index (χ0) is 12.1. The monoisotopic (exact) mass is 231 g/mol. The summed E-state index contributed by atoms with van der Waals surface area (Å²) in [5, 5.41) is 24.0. The Morgan fingerprint density at radius 3 is 2.94 bits per heavy atom. The molecular weight excluding hydrogens is 222 g/mol. The smallest absolute Gasteiger partial charge is 0.271 e. The van der Waals surface area contributed by atoms with Gasteiger partial charge in [-0.15, -0.1) is 15.3 Å². The van der Waals surface area contributed by atoms with E-state index >= 15 is 0 Å². The van der Waals surface area contributed by atoms with Crippen LogP contribution in [0.3, 0.4) is 0 Å². The molecule has 2 aromatic rings. The maximum Gasteiger partial charge on any atom is 0.271 e. The normalized spacial score (nSPS) is 10.8. The number of phenols is 1. The maximum atomic E-state index is 10.9. The molecule has 7 nitrogen and oxygen atoms in total. The summed E-state index contributed by atoms with van der Waals surface area (Å²) in [6, 6.07) is 6.80. The van der Waals surface area contributed by atoms with E-state index in [1.54, 1.807) is 24.3 Å². The van der Waals surface area contributed by atoms with E-state index in [1.807, 2.05) is 0 Å². The first-order chi connectivity index (χ1) is 8.25. The summed E-state index contributed by atoms with van der Waals surface area (Å²) in [5.41, 5.74) is 0.249. The highest BCUT2D eigenvalue weighted by molar-refractivity contribution is 5.31. The molecule has 17 heavy (non-hydrogen) atoms. The number of aromatic hydroxyl groups is 1. The number of nitrogens with zero attached hydrogens (tertiary/aromatic N) is 4. The lowest BCUT2D eigenvalue weighted by molar-refractivity contribution is 0.468. The van der Waals surface area contributed by atoms with Gasteiger partial charge in [0.2, 0.25) is 0 Å². The summed E-state index contributed by atoms with van der Waals surface area (Å²) in [6.07, 6.45) is 1.04. The Balaban J connectivity index is 2.08. The lowest BCUT2D eigenvalue weighted by atomic mass is 10.2. The van der Waals surface area contributed by atoms with Crippen molar-refractivity contribution in [3.63, 3.8) is 0 Å². The highest BCUT2D eigenvalue weighted by Gasteiger charge is 1.98. The van der Waals surface area contributed by atoms with Gasteiger partial charge in [0.15, 0.2) is 0 Å². The first-order valence-corrected chi connectivity index (χ1v) is 4.82. The number of hydrogen-bond acceptors (Lipinski definition) is 6. The molecule has 0 spiro atoms. The zero-order valence-electron chi connectivity index (χ0n) is 8.74. The van der Waals surface area contributed by atoms with Crippen LogP contribution in [-0.4, -0.2) is 20.3 Å². The van der Waals surface area contributed by atoms with Crippen molar-refractivity contribution in [2.45, 2.75) is 6.54 Å². The Morgan fingerprint density at radius 2 is 2.18 bits per heavy atom. The third-order valence-electron chi connectivity index (χ3n) is 1.96. The lowest BCUT2D eigenvalue weighted by Gasteiger charge is -1.98. The molecular formula is C10H9N5O2. The van der Waals surface area contributed by atoms with E-state index in [9.17, 15) is 9.90 Å². The van der Waals surface area contributed by atoms with Crippen molar-refractivity contribution in [1.82, 2.24) is 15.2 Å². The van der Waals surface area contributed by atoms with E-state index in [1.165, 1.54) is 0 Å². The van der Waals surface area contributed by atoms with Gasteiger partial charge in [0.1, 0.15) is 11.9 Å². The van der Waals surface area contributed by atoms with Crippen LogP contribution in [0.4, 0.5) is 5.95 Å². The van der Waals surface area contributed by atoms with Crippen LogP contribution >= 0.6 is 0 Å². The van der Waals surface area contributed by atoms with Crippen molar-refractivity contribution < 1.29 is 5.11 Å². The van der Waals surface area contributed by atoms with Gasteiger partial charge in [-0.3, -0.25) is 9.78 Å². The molecule has 1 heterocycles. The summed E-state index contributed by atoms with van der Waals surface area (Å²) < 4.78 is 0. The van der Waals surface area contributed by atoms with Crippen molar-refractivity contribution in [3.8, 4) is 5.75 Å². The highest BCUT2D eigenvalue weighted by Crippen LogP contribution is 2.16. The van der Waals surface area contributed by atoms with Crippen LogP contribution in [0, 0.1) is 0 Å². The second-order valence-corrected chi connectivity index (χ2v) is 3.19. The second kappa shape index (κ2) is 4.97. The summed E-state index contributed by atoms with van der Waals surface area (Å²) in [7, 11) is 0. The molecule has 0 amide bonds. The van der Waals surface area contributed by atoms with Crippen LogP contribution in [0.5, 0.6) is 5.75 Å². The molecule has 86 valence electrons. The number of aromatic amines is 1. The average Bonchev–Trinajstić information content (AvgIpc) is 2.32. The summed E-state index contributed by atoms with van der Waals surface area (Å²) in [6.45, 7) is 0.200. The van der Waals surface area contributed by atoms with Gasteiger partial charge in [-0.25, -0.2) is 0 Å². The van der Waals surface area contributed by atoms with E-state index in [0.717, 1.165) is 6.20 Å². The summed E-state index contributed by atoms with van der Waals surface area (Å²) >= 11 is 0. The third kappa shape index (κ3) is 2.94. The molecule has 2 N–H and O–H groups in total. The number of para-hydroxylation sites is 1. The topological polar surface area (TPSA) is 104 Å². The number of rotatable bonds is 3. The molecule has 0 saturated heterocycles. The van der Waals surface area contributed by atoms with Crippen LogP contribution in [0.15, 0.2) is 45.5 Å². The summed E-state index contributed by atoms with van der Waals surface area (Å²) in [5.74, 6) is 0.187. The van der Waals surface area contributed by atoms with E-state index < -0.39 is 5.56 Å². The highest BCUT2D eigenvalue weighted by atomic mass is 16.3. The van der Waals surface area contributed by atoms with Gasteiger partial charge in [-0.2, -0.15) is 5.11 Å². The molecule has 0 radical (unpaired) electrons. The van der Waals surface area contributed by atoms with E-state index in [0.29, 0.717) is 5.56 Å². The van der Waals surface area contributed by atoms with Crippen molar-refractivity contribution >= 4 is 5.95 Å². The molecule has 7 heteroatoms. The number of H-pyrrole nitrogens is 1. The minimum Gasteiger partial charge on any atom is -0.508 e. The van der Waals surface area contributed by atoms with Crippen molar-refractivity contribution in [2.24, 2.45) is 10.2 Å². The van der Waals surface area contributed by atoms with E-state index in [4.69, 9.17) is 0 Å². The molecule has 0 atom stereocenters. The fourth-order valence-electron chi connectivity index (χ4n) is 1.17. The van der Waals surface area contributed by atoms with Gasteiger partial charge < -0.3 is 5.11 Å². The Hall–Kier alpha value is -2.57.